The van der Waals surface area contributed by atoms with Gasteiger partial charge in [0.15, 0.2) is 11.3 Å². The van der Waals surface area contributed by atoms with E-state index in [0.29, 0.717) is 16.7 Å². The standard InChI is InChI=1S/C18H14F3N3O3/c19-18(20,21)11-5-3-6-14-16(11)26-9-12(22)17(25)24(14)8-13-10-4-1-2-7-15(10)27-23-13/h1-7,12H,8-9,22H2/t12-/m0/s1. The Hall–Kier alpha value is -3.07. The van der Waals surface area contributed by atoms with E-state index < -0.39 is 29.4 Å². The van der Waals surface area contributed by atoms with Gasteiger partial charge in [-0.25, -0.2) is 0 Å². The highest BCUT2D eigenvalue weighted by molar-refractivity contribution is 5.99. The summed E-state index contributed by atoms with van der Waals surface area (Å²) >= 11 is 0. The molecule has 0 unspecified atom stereocenters. The van der Waals surface area contributed by atoms with Crippen LogP contribution in [0.25, 0.3) is 11.0 Å². The Bertz CT molecular complexity index is 1020. The summed E-state index contributed by atoms with van der Waals surface area (Å²) in [5.74, 6) is -0.973. The molecule has 2 heterocycles. The summed E-state index contributed by atoms with van der Waals surface area (Å²) in [6.45, 7) is -0.448. The first-order valence-electron chi connectivity index (χ1n) is 8.09. The van der Waals surface area contributed by atoms with Crippen LogP contribution in [0.2, 0.25) is 0 Å². The maximum atomic E-state index is 13.4. The number of fused-ring (bicyclic) bond motifs is 2. The van der Waals surface area contributed by atoms with E-state index in [0.717, 1.165) is 11.0 Å². The molecular weight excluding hydrogens is 363 g/mol. The lowest BCUT2D eigenvalue weighted by molar-refractivity contribution is -0.138. The molecule has 1 amide bonds. The van der Waals surface area contributed by atoms with Gasteiger partial charge in [0.25, 0.3) is 0 Å². The number of rotatable bonds is 2. The smallest absolute Gasteiger partial charge is 0.420 e. The highest BCUT2D eigenvalue weighted by Crippen LogP contribution is 2.43. The molecule has 0 saturated heterocycles. The van der Waals surface area contributed by atoms with Crippen LogP contribution >= 0.6 is 0 Å². The first kappa shape index (κ1) is 17.3. The van der Waals surface area contributed by atoms with Crippen LogP contribution in [-0.2, 0) is 17.5 Å². The Morgan fingerprint density at radius 3 is 2.74 bits per heavy atom. The van der Waals surface area contributed by atoms with Crippen molar-refractivity contribution >= 4 is 22.6 Å². The van der Waals surface area contributed by atoms with Gasteiger partial charge in [-0.1, -0.05) is 23.4 Å². The number of hydrogen-bond donors (Lipinski definition) is 1. The zero-order valence-electron chi connectivity index (χ0n) is 13.9. The number of ether oxygens (including phenoxy) is 1. The molecule has 140 valence electrons. The number of anilines is 1. The third-order valence-corrected chi connectivity index (χ3v) is 4.34. The second kappa shape index (κ2) is 6.27. The van der Waals surface area contributed by atoms with Crippen LogP contribution in [0.3, 0.4) is 0 Å². The molecule has 3 aromatic rings. The summed E-state index contributed by atoms with van der Waals surface area (Å²) in [6, 6.07) is 9.43. The average molecular weight is 377 g/mol. The van der Waals surface area contributed by atoms with Gasteiger partial charge in [-0.2, -0.15) is 13.2 Å². The zero-order chi connectivity index (χ0) is 19.2. The van der Waals surface area contributed by atoms with Gasteiger partial charge in [-0.05, 0) is 24.3 Å². The molecule has 0 aliphatic carbocycles. The first-order valence-corrected chi connectivity index (χ1v) is 8.09. The van der Waals surface area contributed by atoms with Crippen LogP contribution in [0.5, 0.6) is 5.75 Å². The third-order valence-electron chi connectivity index (χ3n) is 4.34. The number of alkyl halides is 3. The van der Waals surface area contributed by atoms with Gasteiger partial charge in [0.05, 0.1) is 17.8 Å². The molecule has 1 aliphatic heterocycles. The zero-order valence-corrected chi connectivity index (χ0v) is 13.9. The normalized spacial score (nSPS) is 17.6. The van der Waals surface area contributed by atoms with Crippen LogP contribution in [0, 0.1) is 0 Å². The van der Waals surface area contributed by atoms with Gasteiger partial charge in [-0.3, -0.25) is 4.79 Å². The monoisotopic (exact) mass is 377 g/mol. The molecule has 1 aliphatic rings. The maximum absolute atomic E-state index is 13.4. The van der Waals surface area contributed by atoms with Gasteiger partial charge in [-0.15, -0.1) is 0 Å². The van der Waals surface area contributed by atoms with E-state index in [4.69, 9.17) is 15.0 Å². The van der Waals surface area contributed by atoms with Crippen LogP contribution in [0.1, 0.15) is 11.3 Å². The molecule has 1 atom stereocenters. The number of carbonyl (C=O) groups is 1. The molecule has 1 aromatic heterocycles. The minimum absolute atomic E-state index is 0.00476. The Morgan fingerprint density at radius 2 is 1.96 bits per heavy atom. The van der Waals surface area contributed by atoms with E-state index in [2.05, 4.69) is 5.16 Å². The largest absolute Gasteiger partial charge is 0.489 e. The van der Waals surface area contributed by atoms with Crippen LogP contribution in [-0.4, -0.2) is 23.7 Å². The Morgan fingerprint density at radius 1 is 1.19 bits per heavy atom. The Kier molecular flexibility index (Phi) is 4.03. The number of hydrogen-bond acceptors (Lipinski definition) is 5. The van der Waals surface area contributed by atoms with Gasteiger partial charge < -0.3 is 19.9 Å². The fraction of sp³-hybridized carbons (Fsp3) is 0.222. The SMILES string of the molecule is N[C@H]1COc2c(cccc2C(F)(F)F)N(Cc2noc3ccccc23)C1=O. The minimum atomic E-state index is -4.63. The van der Waals surface area contributed by atoms with Crippen molar-refractivity contribution in [1.29, 1.82) is 0 Å². The van der Waals surface area contributed by atoms with Crippen molar-refractivity contribution in [3.05, 3.63) is 53.7 Å². The third kappa shape index (κ3) is 2.99. The summed E-state index contributed by atoms with van der Waals surface area (Å²) in [5, 5.41) is 4.62. The van der Waals surface area contributed by atoms with Crippen LogP contribution in [0.4, 0.5) is 18.9 Å². The Labute approximate surface area is 151 Å². The number of benzene rings is 2. The molecule has 0 radical (unpaired) electrons. The molecule has 0 fully saturated rings. The summed E-state index contributed by atoms with van der Waals surface area (Å²) in [7, 11) is 0. The number of amides is 1. The predicted octanol–water partition coefficient (Wildman–Crippen LogP) is 3.10. The lowest BCUT2D eigenvalue weighted by Crippen LogP contribution is -2.45. The fourth-order valence-electron chi connectivity index (χ4n) is 3.04. The van der Waals surface area contributed by atoms with Crippen molar-refractivity contribution in [1.82, 2.24) is 5.16 Å². The molecule has 2 N–H and O–H groups in total. The number of halogens is 3. The van der Waals surface area contributed by atoms with Crippen molar-refractivity contribution in [2.75, 3.05) is 11.5 Å². The van der Waals surface area contributed by atoms with Crippen molar-refractivity contribution in [3.63, 3.8) is 0 Å². The number of carbonyl (C=O) groups excluding carboxylic acids is 1. The molecule has 0 spiro atoms. The van der Waals surface area contributed by atoms with E-state index in [-0.39, 0.29) is 18.8 Å². The van der Waals surface area contributed by atoms with Gasteiger partial charge in [0, 0.05) is 5.39 Å². The second-order valence-electron chi connectivity index (χ2n) is 6.12. The summed E-state index contributed by atoms with van der Waals surface area (Å²) in [5.41, 5.74) is 5.77. The van der Waals surface area contributed by atoms with Crippen molar-refractivity contribution in [3.8, 4) is 5.75 Å². The van der Waals surface area contributed by atoms with Crippen LogP contribution < -0.4 is 15.4 Å². The number of para-hydroxylation sites is 2. The molecule has 4 rings (SSSR count). The highest BCUT2D eigenvalue weighted by Gasteiger charge is 2.39. The van der Waals surface area contributed by atoms with E-state index in [1.54, 1.807) is 24.3 Å². The van der Waals surface area contributed by atoms with Gasteiger partial charge in [0.2, 0.25) is 5.91 Å². The van der Waals surface area contributed by atoms with Crippen LogP contribution in [0.15, 0.2) is 47.0 Å². The number of aromatic nitrogens is 1. The predicted molar refractivity (Wildman–Crippen MR) is 90.1 cm³/mol. The molecule has 0 bridgehead atoms. The first-order chi connectivity index (χ1) is 12.9. The molecular formula is C18H14F3N3O3. The topological polar surface area (TPSA) is 81.6 Å². The number of nitrogens with two attached hydrogens (primary N) is 1. The molecule has 27 heavy (non-hydrogen) atoms. The Balaban J connectivity index is 1.83. The summed E-state index contributed by atoms with van der Waals surface area (Å²) in [6.07, 6.45) is -4.63. The summed E-state index contributed by atoms with van der Waals surface area (Å²) < 4.78 is 50.6. The molecule has 0 saturated carbocycles. The number of nitrogens with zero attached hydrogens (tertiary/aromatic N) is 2. The van der Waals surface area contributed by atoms with E-state index in [1.807, 2.05) is 0 Å². The maximum Gasteiger partial charge on any atom is 0.420 e. The van der Waals surface area contributed by atoms with Gasteiger partial charge >= 0.3 is 6.18 Å². The molecule has 9 heteroatoms. The molecule has 2 aromatic carbocycles. The van der Waals surface area contributed by atoms with Crippen molar-refractivity contribution < 1.29 is 27.2 Å². The quantitative estimate of drug-likeness (QED) is 0.742. The fourth-order valence-corrected chi connectivity index (χ4v) is 3.04. The minimum Gasteiger partial charge on any atom is -0.489 e. The lowest BCUT2D eigenvalue weighted by Gasteiger charge is -2.23. The van der Waals surface area contributed by atoms with E-state index >= 15 is 0 Å². The summed E-state index contributed by atoms with van der Waals surface area (Å²) in [4.78, 5) is 13.9. The van der Waals surface area contributed by atoms with E-state index in [1.165, 1.54) is 12.1 Å². The van der Waals surface area contributed by atoms with Crippen molar-refractivity contribution in [2.45, 2.75) is 18.8 Å². The second-order valence-corrected chi connectivity index (χ2v) is 6.12. The average Bonchev–Trinajstić information content (AvgIpc) is 3.00. The van der Waals surface area contributed by atoms with Crippen molar-refractivity contribution in [2.24, 2.45) is 5.73 Å². The van der Waals surface area contributed by atoms with Gasteiger partial charge in [0.1, 0.15) is 18.3 Å². The highest BCUT2D eigenvalue weighted by atomic mass is 19.4. The molecule has 6 nitrogen and oxygen atoms in total. The van der Waals surface area contributed by atoms with E-state index in [9.17, 15) is 18.0 Å². The lowest BCUT2D eigenvalue weighted by atomic mass is 10.1.